The Labute approximate surface area is 192 Å². The van der Waals surface area contributed by atoms with Gasteiger partial charge in [0.1, 0.15) is 17.3 Å². The van der Waals surface area contributed by atoms with Crippen molar-refractivity contribution < 1.29 is 24.2 Å². The van der Waals surface area contributed by atoms with Gasteiger partial charge in [-0.1, -0.05) is 48.0 Å². The summed E-state index contributed by atoms with van der Waals surface area (Å²) in [7, 11) is 3.00. The Morgan fingerprint density at radius 2 is 1.67 bits per heavy atom. The first-order chi connectivity index (χ1) is 15.9. The molecule has 6 nitrogen and oxygen atoms in total. The second kappa shape index (κ2) is 8.82. The topological polar surface area (TPSA) is 76.1 Å². The van der Waals surface area contributed by atoms with Crippen molar-refractivity contribution in [2.24, 2.45) is 0 Å². The number of anilines is 1. The Morgan fingerprint density at radius 3 is 2.33 bits per heavy atom. The number of aryl methyl sites for hydroxylation is 2. The molecular weight excluding hydrogens is 418 g/mol. The molecule has 1 heterocycles. The van der Waals surface area contributed by atoms with Crippen LogP contribution in [0.4, 0.5) is 5.69 Å². The standard InChI is InChI=1S/C27H25NO5/c1-16-8-7-10-18(14-16)24-23(25(29)20-13-12-19(32-3)15-22(20)33-4)26(30)27(31)28(24)21-11-6-5-9-17(21)2/h5-15,24,29H,1-4H3/b25-23-. The largest absolute Gasteiger partial charge is 0.507 e. The highest BCUT2D eigenvalue weighted by molar-refractivity contribution is 6.51. The van der Waals surface area contributed by atoms with Crippen LogP contribution in [0.25, 0.3) is 5.76 Å². The maximum absolute atomic E-state index is 13.3. The molecule has 33 heavy (non-hydrogen) atoms. The molecule has 1 aliphatic heterocycles. The van der Waals surface area contributed by atoms with Crippen LogP contribution in [0.15, 0.2) is 72.3 Å². The monoisotopic (exact) mass is 443 g/mol. The maximum Gasteiger partial charge on any atom is 0.300 e. The van der Waals surface area contributed by atoms with E-state index in [9.17, 15) is 14.7 Å². The van der Waals surface area contributed by atoms with Gasteiger partial charge in [-0.2, -0.15) is 0 Å². The smallest absolute Gasteiger partial charge is 0.300 e. The molecule has 1 unspecified atom stereocenters. The molecule has 0 spiro atoms. The number of carbonyl (C=O) groups is 2. The predicted octanol–water partition coefficient (Wildman–Crippen LogP) is 4.95. The van der Waals surface area contributed by atoms with Gasteiger partial charge in [0.25, 0.3) is 11.7 Å². The number of nitrogens with zero attached hydrogens (tertiary/aromatic N) is 1. The second-order valence-electron chi connectivity index (χ2n) is 7.94. The van der Waals surface area contributed by atoms with Crippen molar-refractivity contribution in [3.63, 3.8) is 0 Å². The SMILES string of the molecule is COc1ccc(/C(O)=C2/C(=O)C(=O)N(c3ccccc3C)C2c2cccc(C)c2)c(OC)c1. The Hall–Kier alpha value is -4.06. The third-order valence-electron chi connectivity index (χ3n) is 5.84. The van der Waals surface area contributed by atoms with Crippen molar-refractivity contribution >= 4 is 23.1 Å². The summed E-state index contributed by atoms with van der Waals surface area (Å²) in [4.78, 5) is 28.1. The van der Waals surface area contributed by atoms with Crippen LogP contribution in [0.3, 0.4) is 0 Å². The van der Waals surface area contributed by atoms with Crippen LogP contribution in [-0.2, 0) is 9.59 Å². The lowest BCUT2D eigenvalue weighted by Crippen LogP contribution is -2.30. The molecule has 6 heteroatoms. The van der Waals surface area contributed by atoms with Crippen molar-refractivity contribution in [3.05, 3.63) is 94.6 Å². The van der Waals surface area contributed by atoms with Gasteiger partial charge < -0.3 is 14.6 Å². The van der Waals surface area contributed by atoms with Crippen LogP contribution in [0.5, 0.6) is 11.5 Å². The maximum atomic E-state index is 13.3. The van der Waals surface area contributed by atoms with E-state index >= 15 is 0 Å². The molecule has 0 aromatic heterocycles. The number of carbonyl (C=O) groups excluding carboxylic acids is 2. The first-order valence-electron chi connectivity index (χ1n) is 10.5. The summed E-state index contributed by atoms with van der Waals surface area (Å²) in [5.74, 6) is -0.865. The number of hydrogen-bond acceptors (Lipinski definition) is 5. The minimum absolute atomic E-state index is 0.0114. The quantitative estimate of drug-likeness (QED) is 0.343. The van der Waals surface area contributed by atoms with Crippen LogP contribution in [-0.4, -0.2) is 31.0 Å². The number of amides is 1. The highest BCUT2D eigenvalue weighted by atomic mass is 16.5. The third kappa shape index (κ3) is 3.84. The van der Waals surface area contributed by atoms with Gasteiger partial charge in [-0.3, -0.25) is 14.5 Å². The highest BCUT2D eigenvalue weighted by Gasteiger charge is 2.47. The van der Waals surface area contributed by atoms with Crippen LogP contribution < -0.4 is 14.4 Å². The zero-order valence-corrected chi connectivity index (χ0v) is 19.0. The van der Waals surface area contributed by atoms with Crippen LogP contribution in [0.2, 0.25) is 0 Å². The number of benzene rings is 3. The van der Waals surface area contributed by atoms with Gasteiger partial charge in [-0.15, -0.1) is 0 Å². The fourth-order valence-corrected chi connectivity index (χ4v) is 4.21. The lowest BCUT2D eigenvalue weighted by Gasteiger charge is -2.27. The van der Waals surface area contributed by atoms with Gasteiger partial charge in [0, 0.05) is 11.8 Å². The van der Waals surface area contributed by atoms with Crippen LogP contribution in [0, 0.1) is 13.8 Å². The van der Waals surface area contributed by atoms with Crippen molar-refractivity contribution in [1.29, 1.82) is 0 Å². The Kier molecular flexibility index (Phi) is 5.92. The molecule has 168 valence electrons. The molecule has 0 radical (unpaired) electrons. The van der Waals surface area contributed by atoms with Crippen LogP contribution >= 0.6 is 0 Å². The number of hydrogen-bond donors (Lipinski definition) is 1. The molecule has 1 fully saturated rings. The molecule has 1 amide bonds. The van der Waals surface area contributed by atoms with E-state index < -0.39 is 17.7 Å². The number of para-hydroxylation sites is 1. The van der Waals surface area contributed by atoms with Crippen LogP contribution in [0.1, 0.15) is 28.3 Å². The molecule has 3 aromatic rings. The Morgan fingerprint density at radius 1 is 0.909 bits per heavy atom. The number of ether oxygens (including phenoxy) is 2. The number of Topliss-reactive ketones (excluding diaryl/α,β-unsaturated/α-hetero) is 1. The Balaban J connectivity index is 1.99. The average Bonchev–Trinajstić information content (AvgIpc) is 3.09. The first-order valence-corrected chi connectivity index (χ1v) is 10.5. The summed E-state index contributed by atoms with van der Waals surface area (Å²) in [6.45, 7) is 3.82. The third-order valence-corrected chi connectivity index (χ3v) is 5.84. The summed E-state index contributed by atoms with van der Waals surface area (Å²) in [5.41, 5.74) is 3.48. The number of methoxy groups -OCH3 is 2. The van der Waals surface area contributed by atoms with E-state index in [1.165, 1.54) is 19.1 Å². The minimum Gasteiger partial charge on any atom is -0.507 e. The second-order valence-corrected chi connectivity index (χ2v) is 7.94. The molecule has 1 saturated heterocycles. The van der Waals surface area contributed by atoms with E-state index in [-0.39, 0.29) is 11.3 Å². The number of aliphatic hydroxyl groups excluding tert-OH is 1. The van der Waals surface area contributed by atoms with Gasteiger partial charge in [-0.25, -0.2) is 0 Å². The molecule has 1 aliphatic rings. The fraction of sp³-hybridized carbons (Fsp3) is 0.185. The lowest BCUT2D eigenvalue weighted by molar-refractivity contribution is -0.132. The average molecular weight is 443 g/mol. The normalized spacial score (nSPS) is 17.3. The molecule has 1 atom stereocenters. The number of aliphatic hydroxyl groups is 1. The van der Waals surface area contributed by atoms with Gasteiger partial charge in [0.2, 0.25) is 0 Å². The van der Waals surface area contributed by atoms with E-state index in [1.54, 1.807) is 24.3 Å². The number of rotatable bonds is 5. The van der Waals surface area contributed by atoms with Crippen molar-refractivity contribution in [2.75, 3.05) is 19.1 Å². The zero-order valence-electron chi connectivity index (χ0n) is 19.0. The summed E-state index contributed by atoms with van der Waals surface area (Å²) in [5, 5.41) is 11.4. The highest BCUT2D eigenvalue weighted by Crippen LogP contribution is 2.44. The Bertz CT molecular complexity index is 1280. The molecule has 0 aliphatic carbocycles. The summed E-state index contributed by atoms with van der Waals surface area (Å²) in [6, 6.07) is 19.1. The molecule has 1 N–H and O–H groups in total. The molecule has 0 saturated carbocycles. The van der Waals surface area contributed by atoms with E-state index in [2.05, 4.69) is 0 Å². The fourth-order valence-electron chi connectivity index (χ4n) is 4.21. The van der Waals surface area contributed by atoms with Crippen molar-refractivity contribution in [3.8, 4) is 11.5 Å². The van der Waals surface area contributed by atoms with Gasteiger partial charge in [0.15, 0.2) is 0 Å². The van der Waals surface area contributed by atoms with Crippen molar-refractivity contribution in [1.82, 2.24) is 0 Å². The van der Waals surface area contributed by atoms with Crippen molar-refractivity contribution in [2.45, 2.75) is 19.9 Å². The zero-order chi connectivity index (χ0) is 23.7. The summed E-state index contributed by atoms with van der Waals surface area (Å²) < 4.78 is 10.7. The first kappa shape index (κ1) is 22.1. The van der Waals surface area contributed by atoms with Gasteiger partial charge in [-0.05, 0) is 43.2 Å². The minimum atomic E-state index is -0.794. The van der Waals surface area contributed by atoms with E-state index in [0.29, 0.717) is 22.7 Å². The summed E-state index contributed by atoms with van der Waals surface area (Å²) >= 11 is 0. The predicted molar refractivity (Wildman–Crippen MR) is 127 cm³/mol. The molecule has 0 bridgehead atoms. The lowest BCUT2D eigenvalue weighted by atomic mass is 9.93. The van der Waals surface area contributed by atoms with Gasteiger partial charge >= 0.3 is 0 Å². The summed E-state index contributed by atoms with van der Waals surface area (Å²) in [6.07, 6.45) is 0. The molecular formula is C27H25NO5. The van der Waals surface area contributed by atoms with E-state index in [0.717, 1.165) is 16.7 Å². The van der Waals surface area contributed by atoms with Gasteiger partial charge in [0.05, 0.1) is 31.4 Å². The number of ketones is 1. The molecule has 3 aromatic carbocycles. The van der Waals surface area contributed by atoms with E-state index in [4.69, 9.17) is 9.47 Å². The molecule has 4 rings (SSSR count). The van der Waals surface area contributed by atoms with E-state index in [1.807, 2.05) is 56.3 Å².